The van der Waals surface area contributed by atoms with Crippen LogP contribution in [0.4, 0.5) is 15.8 Å². The van der Waals surface area contributed by atoms with Gasteiger partial charge in [-0.05, 0) is 67.3 Å². The van der Waals surface area contributed by atoms with Crippen LogP contribution in [-0.4, -0.2) is 6.54 Å². The summed E-state index contributed by atoms with van der Waals surface area (Å²) in [6.07, 6.45) is 0.871. The van der Waals surface area contributed by atoms with Crippen LogP contribution in [0.25, 0.3) is 0 Å². The molecule has 2 rings (SSSR count). The fraction of sp³-hybridized carbons (Fsp3) is 0.250. The van der Waals surface area contributed by atoms with E-state index in [1.54, 1.807) is 6.07 Å². The zero-order valence-electron chi connectivity index (χ0n) is 11.3. The monoisotopic (exact) mass is 258 g/mol. The molecule has 0 unspecified atom stereocenters. The molecule has 0 amide bonds. The molecule has 0 aliphatic heterocycles. The molecule has 0 radical (unpaired) electrons. The Morgan fingerprint density at radius 2 is 1.84 bits per heavy atom. The third-order valence-corrected chi connectivity index (χ3v) is 3.30. The summed E-state index contributed by atoms with van der Waals surface area (Å²) in [6.45, 7) is 4.74. The largest absolute Gasteiger partial charge is 0.399 e. The predicted molar refractivity (Wildman–Crippen MR) is 78.9 cm³/mol. The van der Waals surface area contributed by atoms with Crippen molar-refractivity contribution in [2.75, 3.05) is 17.6 Å². The number of rotatable bonds is 4. The van der Waals surface area contributed by atoms with Crippen LogP contribution in [0, 0.1) is 19.7 Å². The number of nitrogens with two attached hydrogens (primary N) is 1. The molecule has 0 heterocycles. The second kappa shape index (κ2) is 5.74. The minimum absolute atomic E-state index is 0.177. The van der Waals surface area contributed by atoms with Crippen LogP contribution in [0.15, 0.2) is 36.4 Å². The number of benzene rings is 2. The van der Waals surface area contributed by atoms with Gasteiger partial charge in [0.25, 0.3) is 0 Å². The average Bonchev–Trinajstić information content (AvgIpc) is 2.36. The summed E-state index contributed by atoms with van der Waals surface area (Å²) in [5.74, 6) is -0.177. The Labute approximate surface area is 113 Å². The minimum Gasteiger partial charge on any atom is -0.399 e. The van der Waals surface area contributed by atoms with E-state index >= 15 is 0 Å². The van der Waals surface area contributed by atoms with Gasteiger partial charge in [0.05, 0.1) is 0 Å². The maximum absolute atomic E-state index is 13.0. The minimum atomic E-state index is -0.177. The van der Waals surface area contributed by atoms with Crippen molar-refractivity contribution < 1.29 is 4.39 Å². The Balaban J connectivity index is 1.94. The topological polar surface area (TPSA) is 38.0 Å². The van der Waals surface area contributed by atoms with Gasteiger partial charge in [-0.3, -0.25) is 0 Å². The lowest BCUT2D eigenvalue weighted by atomic mass is 10.1. The molecule has 3 N–H and O–H groups in total. The van der Waals surface area contributed by atoms with Gasteiger partial charge in [-0.25, -0.2) is 4.39 Å². The fourth-order valence-electron chi connectivity index (χ4n) is 2.07. The molecule has 3 heteroatoms. The van der Waals surface area contributed by atoms with E-state index in [4.69, 9.17) is 5.73 Å². The first-order chi connectivity index (χ1) is 9.06. The number of halogens is 1. The van der Waals surface area contributed by atoms with Gasteiger partial charge >= 0.3 is 0 Å². The Hall–Kier alpha value is -2.03. The number of nitrogen functional groups attached to an aromatic ring is 1. The van der Waals surface area contributed by atoms with Crippen molar-refractivity contribution in [3.05, 3.63) is 58.9 Å². The quantitative estimate of drug-likeness (QED) is 0.821. The number of hydrogen-bond donors (Lipinski definition) is 2. The third-order valence-electron chi connectivity index (χ3n) is 3.30. The highest BCUT2D eigenvalue weighted by molar-refractivity contribution is 5.56. The zero-order chi connectivity index (χ0) is 13.8. The first kappa shape index (κ1) is 13.4. The van der Waals surface area contributed by atoms with Gasteiger partial charge in [-0.2, -0.15) is 0 Å². The van der Waals surface area contributed by atoms with E-state index in [2.05, 4.69) is 5.32 Å². The van der Waals surface area contributed by atoms with Crippen molar-refractivity contribution in [3.63, 3.8) is 0 Å². The molecule has 0 atom stereocenters. The lowest BCUT2D eigenvalue weighted by molar-refractivity contribution is 0.625. The summed E-state index contributed by atoms with van der Waals surface area (Å²) in [7, 11) is 0. The summed E-state index contributed by atoms with van der Waals surface area (Å²) >= 11 is 0. The summed E-state index contributed by atoms with van der Waals surface area (Å²) in [5.41, 5.74) is 10.9. The van der Waals surface area contributed by atoms with Crippen LogP contribution in [0.3, 0.4) is 0 Å². The van der Waals surface area contributed by atoms with Gasteiger partial charge in [-0.15, -0.1) is 0 Å². The number of hydrogen-bond acceptors (Lipinski definition) is 2. The third kappa shape index (κ3) is 3.47. The second-order valence-electron chi connectivity index (χ2n) is 4.82. The molecule has 2 aromatic carbocycles. The average molecular weight is 258 g/mol. The molecule has 2 aromatic rings. The molecule has 100 valence electrons. The lowest BCUT2D eigenvalue weighted by Gasteiger charge is -2.10. The Bertz CT molecular complexity index is 579. The molecule has 2 nitrogen and oxygen atoms in total. The highest BCUT2D eigenvalue weighted by Crippen LogP contribution is 2.17. The Morgan fingerprint density at radius 3 is 2.53 bits per heavy atom. The van der Waals surface area contributed by atoms with Gasteiger partial charge in [0, 0.05) is 17.9 Å². The van der Waals surface area contributed by atoms with Crippen LogP contribution < -0.4 is 11.1 Å². The standard InChI is InChI=1S/C16H19FN2/c1-11-9-14(17)4-3-13(11)7-8-19-15-5-6-16(18)12(2)10-15/h3-6,9-10,19H,7-8,18H2,1-2H3. The van der Waals surface area contributed by atoms with Gasteiger partial charge in [0.2, 0.25) is 0 Å². The first-order valence-electron chi connectivity index (χ1n) is 6.41. The van der Waals surface area contributed by atoms with Gasteiger partial charge in [0.15, 0.2) is 0 Å². The number of aryl methyl sites for hydroxylation is 2. The fourth-order valence-corrected chi connectivity index (χ4v) is 2.07. The predicted octanol–water partition coefficient (Wildman–Crippen LogP) is 3.68. The molecule has 0 aliphatic carbocycles. The van der Waals surface area contributed by atoms with E-state index in [1.807, 2.05) is 38.1 Å². The summed E-state index contributed by atoms with van der Waals surface area (Å²) in [4.78, 5) is 0. The van der Waals surface area contributed by atoms with Crippen LogP contribution in [0.2, 0.25) is 0 Å². The SMILES string of the molecule is Cc1cc(NCCc2ccc(F)cc2C)ccc1N. The Morgan fingerprint density at radius 1 is 1.05 bits per heavy atom. The molecule has 0 bridgehead atoms. The molecular formula is C16H19FN2. The molecule has 0 saturated carbocycles. The van der Waals surface area contributed by atoms with Crippen LogP contribution >= 0.6 is 0 Å². The molecular weight excluding hydrogens is 239 g/mol. The maximum atomic E-state index is 13.0. The van der Waals surface area contributed by atoms with E-state index in [9.17, 15) is 4.39 Å². The second-order valence-corrected chi connectivity index (χ2v) is 4.82. The normalized spacial score (nSPS) is 10.5. The van der Waals surface area contributed by atoms with Gasteiger partial charge < -0.3 is 11.1 Å². The number of anilines is 2. The molecule has 19 heavy (non-hydrogen) atoms. The van der Waals surface area contributed by atoms with Crippen LogP contribution in [-0.2, 0) is 6.42 Å². The molecule has 0 aromatic heterocycles. The van der Waals surface area contributed by atoms with Crippen molar-refractivity contribution in [2.24, 2.45) is 0 Å². The van der Waals surface area contributed by atoms with Crippen molar-refractivity contribution in [3.8, 4) is 0 Å². The molecule has 0 aliphatic rings. The van der Waals surface area contributed by atoms with E-state index in [-0.39, 0.29) is 5.82 Å². The van der Waals surface area contributed by atoms with Crippen molar-refractivity contribution in [1.82, 2.24) is 0 Å². The smallest absolute Gasteiger partial charge is 0.123 e. The van der Waals surface area contributed by atoms with E-state index < -0.39 is 0 Å². The van der Waals surface area contributed by atoms with Crippen molar-refractivity contribution in [1.29, 1.82) is 0 Å². The van der Waals surface area contributed by atoms with E-state index in [0.29, 0.717) is 0 Å². The highest BCUT2D eigenvalue weighted by Gasteiger charge is 2.01. The van der Waals surface area contributed by atoms with E-state index in [0.717, 1.165) is 35.5 Å². The van der Waals surface area contributed by atoms with E-state index in [1.165, 1.54) is 11.6 Å². The highest BCUT2D eigenvalue weighted by atomic mass is 19.1. The molecule has 0 saturated heterocycles. The summed E-state index contributed by atoms with van der Waals surface area (Å²) in [5, 5.41) is 3.35. The maximum Gasteiger partial charge on any atom is 0.123 e. The van der Waals surface area contributed by atoms with Gasteiger partial charge in [0.1, 0.15) is 5.82 Å². The van der Waals surface area contributed by atoms with Crippen LogP contribution in [0.5, 0.6) is 0 Å². The van der Waals surface area contributed by atoms with Crippen LogP contribution in [0.1, 0.15) is 16.7 Å². The molecule has 0 fully saturated rings. The summed E-state index contributed by atoms with van der Waals surface area (Å²) in [6, 6.07) is 10.8. The zero-order valence-corrected chi connectivity index (χ0v) is 11.3. The molecule has 0 spiro atoms. The van der Waals surface area contributed by atoms with Crippen molar-refractivity contribution >= 4 is 11.4 Å². The number of nitrogens with one attached hydrogen (secondary N) is 1. The van der Waals surface area contributed by atoms with Crippen molar-refractivity contribution in [2.45, 2.75) is 20.3 Å². The Kier molecular flexibility index (Phi) is 4.05. The van der Waals surface area contributed by atoms with Gasteiger partial charge in [-0.1, -0.05) is 6.07 Å². The lowest BCUT2D eigenvalue weighted by Crippen LogP contribution is -2.06. The first-order valence-corrected chi connectivity index (χ1v) is 6.41. The summed E-state index contributed by atoms with van der Waals surface area (Å²) < 4.78 is 13.0.